The molecule has 1 heterocycles. The first-order chi connectivity index (χ1) is 14.5. The third-order valence-corrected chi connectivity index (χ3v) is 5.32. The monoisotopic (exact) mass is 422 g/mol. The third kappa shape index (κ3) is 3.69. The van der Waals surface area contributed by atoms with Gasteiger partial charge in [0.05, 0.1) is 17.6 Å². The molecule has 0 aliphatic carbocycles. The van der Waals surface area contributed by atoms with Crippen LogP contribution in [0, 0.1) is 0 Å². The summed E-state index contributed by atoms with van der Waals surface area (Å²) >= 11 is 6.18. The molecule has 30 heavy (non-hydrogen) atoms. The number of carboxylic acid groups (broad SMARTS) is 1. The van der Waals surface area contributed by atoms with Gasteiger partial charge in [0.2, 0.25) is 0 Å². The fraction of sp³-hybridized carbons (Fsp3) is 0.130. The molecular formula is C23H19ClN2O4. The lowest BCUT2D eigenvalue weighted by atomic mass is 10.1. The van der Waals surface area contributed by atoms with Gasteiger partial charge in [-0.3, -0.25) is 4.79 Å². The van der Waals surface area contributed by atoms with Gasteiger partial charge >= 0.3 is 6.09 Å². The summed E-state index contributed by atoms with van der Waals surface area (Å²) in [5.74, 6) is 0.427. The number of benzene rings is 3. The highest BCUT2D eigenvalue weighted by Gasteiger charge is 2.18. The van der Waals surface area contributed by atoms with Gasteiger partial charge < -0.3 is 19.7 Å². The second kappa shape index (κ2) is 8.08. The minimum absolute atomic E-state index is 0.0750. The summed E-state index contributed by atoms with van der Waals surface area (Å²) in [4.78, 5) is 23.9. The summed E-state index contributed by atoms with van der Waals surface area (Å²) in [5, 5.41) is 15.0. The molecule has 2 N–H and O–H groups in total. The lowest BCUT2D eigenvalue weighted by Crippen LogP contribution is -2.28. The van der Waals surface area contributed by atoms with E-state index >= 15 is 0 Å². The highest BCUT2D eigenvalue weighted by atomic mass is 35.5. The summed E-state index contributed by atoms with van der Waals surface area (Å²) in [6.45, 7) is 0.176. The Hall–Kier alpha value is -3.51. The molecule has 0 saturated heterocycles. The molecule has 152 valence electrons. The third-order valence-electron chi connectivity index (χ3n) is 5.09. The number of carbonyl (C=O) groups is 1. The predicted molar refractivity (Wildman–Crippen MR) is 117 cm³/mol. The van der Waals surface area contributed by atoms with Crippen molar-refractivity contribution >= 4 is 39.2 Å². The zero-order valence-corrected chi connectivity index (χ0v) is 16.9. The molecule has 1 aromatic heterocycles. The van der Waals surface area contributed by atoms with Crippen molar-refractivity contribution in [1.29, 1.82) is 0 Å². The maximum atomic E-state index is 12.8. The van der Waals surface area contributed by atoms with Gasteiger partial charge in [-0.05, 0) is 34.5 Å². The Kier molecular flexibility index (Phi) is 5.33. The number of fused-ring (bicyclic) bond motifs is 2. The van der Waals surface area contributed by atoms with E-state index in [1.807, 2.05) is 42.5 Å². The molecule has 0 bridgehead atoms. The van der Waals surface area contributed by atoms with Gasteiger partial charge in [0.25, 0.3) is 5.56 Å². The van der Waals surface area contributed by atoms with Crippen molar-refractivity contribution in [2.75, 3.05) is 0 Å². The number of rotatable bonds is 5. The van der Waals surface area contributed by atoms with Crippen molar-refractivity contribution in [3.05, 3.63) is 87.3 Å². The molecule has 7 heteroatoms. The SMILES string of the molecule is Cn1c(CNC(=O)O)c(OCc2cccc3ccccc23)c2cc(Cl)ccc2c1=O. The second-order valence-electron chi connectivity index (χ2n) is 6.92. The van der Waals surface area contributed by atoms with Crippen molar-refractivity contribution in [2.24, 2.45) is 7.05 Å². The average molecular weight is 423 g/mol. The standard InChI is InChI=1S/C23H19ClN2O4/c1-26-20(12-25-23(28)29)21(19-11-16(24)9-10-18(19)22(26)27)30-13-15-7-4-6-14-5-2-3-8-17(14)15/h2-11,25H,12-13H2,1H3,(H,28,29). The highest BCUT2D eigenvalue weighted by Crippen LogP contribution is 2.31. The average Bonchev–Trinajstić information content (AvgIpc) is 2.74. The van der Waals surface area contributed by atoms with Crippen LogP contribution in [0.3, 0.4) is 0 Å². The Labute approximate surface area is 177 Å². The summed E-state index contributed by atoms with van der Waals surface area (Å²) in [6.07, 6.45) is -1.19. The van der Waals surface area contributed by atoms with Crippen molar-refractivity contribution in [2.45, 2.75) is 13.2 Å². The van der Waals surface area contributed by atoms with Crippen LogP contribution in [-0.4, -0.2) is 15.8 Å². The Morgan fingerprint density at radius 3 is 2.63 bits per heavy atom. The van der Waals surface area contributed by atoms with E-state index in [1.54, 1.807) is 25.2 Å². The smallest absolute Gasteiger partial charge is 0.404 e. The molecule has 0 spiro atoms. The molecular weight excluding hydrogens is 404 g/mol. The van der Waals surface area contributed by atoms with Gasteiger partial charge in [-0.2, -0.15) is 0 Å². The first kappa shape index (κ1) is 19.8. The molecule has 0 atom stereocenters. The number of nitrogens with one attached hydrogen (secondary N) is 1. The normalized spacial score (nSPS) is 11.0. The Morgan fingerprint density at radius 1 is 1.07 bits per heavy atom. The van der Waals surface area contributed by atoms with Crippen LogP contribution in [0.25, 0.3) is 21.5 Å². The van der Waals surface area contributed by atoms with Crippen molar-refractivity contribution in [3.63, 3.8) is 0 Å². The van der Waals surface area contributed by atoms with Crippen LogP contribution in [0.4, 0.5) is 4.79 Å². The number of nitrogens with zero attached hydrogens (tertiary/aromatic N) is 1. The molecule has 3 aromatic carbocycles. The molecule has 0 fully saturated rings. The Bertz CT molecular complexity index is 1330. The molecule has 0 unspecified atom stereocenters. The predicted octanol–water partition coefficient (Wildman–Crippen LogP) is 4.69. The van der Waals surface area contributed by atoms with Crippen LogP contribution in [0.1, 0.15) is 11.3 Å². The molecule has 4 aromatic rings. The molecule has 4 rings (SSSR count). The fourth-order valence-electron chi connectivity index (χ4n) is 3.59. The summed E-state index contributed by atoms with van der Waals surface area (Å²) in [6, 6.07) is 18.9. The fourth-order valence-corrected chi connectivity index (χ4v) is 3.76. The van der Waals surface area contributed by atoms with E-state index in [-0.39, 0.29) is 18.7 Å². The zero-order chi connectivity index (χ0) is 21.3. The van der Waals surface area contributed by atoms with E-state index < -0.39 is 6.09 Å². The molecule has 1 amide bonds. The first-order valence-corrected chi connectivity index (χ1v) is 9.71. The summed E-state index contributed by atoms with van der Waals surface area (Å²) in [5.41, 5.74) is 1.16. The lowest BCUT2D eigenvalue weighted by molar-refractivity contribution is 0.193. The Morgan fingerprint density at radius 2 is 1.83 bits per heavy atom. The lowest BCUT2D eigenvalue weighted by Gasteiger charge is -2.18. The van der Waals surface area contributed by atoms with Gasteiger partial charge in [0.15, 0.2) is 0 Å². The van der Waals surface area contributed by atoms with Crippen LogP contribution in [-0.2, 0) is 20.2 Å². The Balaban J connectivity index is 1.84. The van der Waals surface area contributed by atoms with E-state index in [9.17, 15) is 9.59 Å². The van der Waals surface area contributed by atoms with Crippen LogP contribution >= 0.6 is 11.6 Å². The molecule has 0 radical (unpaired) electrons. The van der Waals surface area contributed by atoms with Crippen LogP contribution in [0.5, 0.6) is 5.75 Å². The van der Waals surface area contributed by atoms with Gasteiger partial charge in [-0.1, -0.05) is 54.1 Å². The van der Waals surface area contributed by atoms with E-state index in [4.69, 9.17) is 21.4 Å². The number of hydrogen-bond acceptors (Lipinski definition) is 3. The van der Waals surface area contributed by atoms with Crippen LogP contribution in [0.15, 0.2) is 65.5 Å². The summed E-state index contributed by atoms with van der Waals surface area (Å²) < 4.78 is 7.62. The van der Waals surface area contributed by atoms with Gasteiger partial charge in [-0.25, -0.2) is 4.79 Å². The number of halogens is 1. The molecule has 6 nitrogen and oxygen atoms in total. The molecule has 0 saturated carbocycles. The van der Waals surface area contributed by atoms with Crippen molar-refractivity contribution in [3.8, 4) is 5.75 Å². The van der Waals surface area contributed by atoms with E-state index in [2.05, 4.69) is 5.32 Å². The maximum absolute atomic E-state index is 12.8. The van der Waals surface area contributed by atoms with Crippen molar-refractivity contribution in [1.82, 2.24) is 9.88 Å². The minimum atomic E-state index is -1.19. The largest absolute Gasteiger partial charge is 0.486 e. The van der Waals surface area contributed by atoms with E-state index in [1.165, 1.54) is 4.57 Å². The van der Waals surface area contributed by atoms with Crippen LogP contribution in [0.2, 0.25) is 5.02 Å². The van der Waals surface area contributed by atoms with Gasteiger partial charge in [0, 0.05) is 17.5 Å². The van der Waals surface area contributed by atoms with Gasteiger partial charge in [-0.15, -0.1) is 0 Å². The zero-order valence-electron chi connectivity index (χ0n) is 16.2. The number of hydrogen-bond donors (Lipinski definition) is 2. The van der Waals surface area contributed by atoms with E-state index in [0.29, 0.717) is 27.2 Å². The highest BCUT2D eigenvalue weighted by molar-refractivity contribution is 6.31. The van der Waals surface area contributed by atoms with Crippen LogP contribution < -0.4 is 15.6 Å². The number of amides is 1. The minimum Gasteiger partial charge on any atom is -0.486 e. The quantitative estimate of drug-likeness (QED) is 0.489. The second-order valence-corrected chi connectivity index (χ2v) is 7.35. The topological polar surface area (TPSA) is 80.6 Å². The van der Waals surface area contributed by atoms with Gasteiger partial charge in [0.1, 0.15) is 12.4 Å². The number of ether oxygens (including phenoxy) is 1. The number of pyridine rings is 1. The summed E-state index contributed by atoms with van der Waals surface area (Å²) in [7, 11) is 1.60. The number of aromatic nitrogens is 1. The molecule has 0 aliphatic rings. The van der Waals surface area contributed by atoms with E-state index in [0.717, 1.165) is 16.3 Å². The van der Waals surface area contributed by atoms with Crippen molar-refractivity contribution < 1.29 is 14.6 Å². The maximum Gasteiger partial charge on any atom is 0.404 e. The molecule has 0 aliphatic heterocycles. The first-order valence-electron chi connectivity index (χ1n) is 9.33.